The van der Waals surface area contributed by atoms with Gasteiger partial charge in [-0.05, 0) is 18.4 Å². The summed E-state index contributed by atoms with van der Waals surface area (Å²) in [6, 6.07) is 0. The summed E-state index contributed by atoms with van der Waals surface area (Å²) in [5.41, 5.74) is 1.11. The molecule has 4 heteroatoms. The van der Waals surface area contributed by atoms with E-state index in [9.17, 15) is 4.57 Å². The Balaban J connectivity index is 3.89. The lowest BCUT2D eigenvalue weighted by atomic mass is 10.1. The molecule has 0 bridgehead atoms. The number of hydrogen-bond donors (Lipinski definition) is 1. The summed E-state index contributed by atoms with van der Waals surface area (Å²) in [5, 5.41) is 0. The Bertz CT molecular complexity index is 158. The minimum absolute atomic E-state index is 0.941. The van der Waals surface area contributed by atoms with E-state index in [-0.39, 0.29) is 0 Å². The lowest BCUT2D eigenvalue weighted by Crippen LogP contribution is -1.83. The van der Waals surface area contributed by atoms with Crippen molar-refractivity contribution in [3.05, 3.63) is 11.8 Å². The van der Waals surface area contributed by atoms with Gasteiger partial charge in [0.25, 0.3) is 0 Å². The van der Waals surface area contributed by atoms with Gasteiger partial charge in [0.05, 0.1) is 0 Å². The smallest absolute Gasteiger partial charge is 0.237 e. The van der Waals surface area contributed by atoms with E-state index in [0.29, 0.717) is 0 Å². The highest BCUT2D eigenvalue weighted by atomic mass is 31.1. The summed E-state index contributed by atoms with van der Waals surface area (Å²) in [6.07, 6.45) is 5.38. The van der Waals surface area contributed by atoms with Crippen molar-refractivity contribution in [2.75, 3.05) is 0 Å². The molecule has 0 radical (unpaired) electrons. The second-order valence-electron chi connectivity index (χ2n) is 2.62. The average molecular weight is 191 g/mol. The van der Waals surface area contributed by atoms with Crippen LogP contribution >= 0.6 is 8.25 Å². The zero-order valence-corrected chi connectivity index (χ0v) is 8.51. The summed E-state index contributed by atoms with van der Waals surface area (Å²) in [6.45, 7) is 4.14. The van der Waals surface area contributed by atoms with Crippen molar-refractivity contribution in [2.24, 2.45) is 0 Å². The van der Waals surface area contributed by atoms with E-state index in [4.69, 9.17) is 4.89 Å². The van der Waals surface area contributed by atoms with E-state index in [1.54, 1.807) is 0 Å². The van der Waals surface area contributed by atoms with Gasteiger partial charge in [0, 0.05) is 4.57 Å². The van der Waals surface area contributed by atoms with Crippen LogP contribution in [0.15, 0.2) is 11.8 Å². The third-order valence-corrected chi connectivity index (χ3v) is 1.74. The zero-order valence-electron chi connectivity index (χ0n) is 7.62. The van der Waals surface area contributed by atoms with E-state index >= 15 is 0 Å². The van der Waals surface area contributed by atoms with E-state index in [2.05, 4.69) is 18.4 Å². The predicted octanol–water partition coefficient (Wildman–Crippen LogP) is 3.14. The van der Waals surface area contributed by atoms with Gasteiger partial charge >= 0.3 is 8.25 Å². The van der Waals surface area contributed by atoms with Gasteiger partial charge in [-0.25, -0.2) is 4.52 Å². The van der Waals surface area contributed by atoms with Gasteiger partial charge in [-0.3, -0.25) is 0 Å². The van der Waals surface area contributed by atoms with Crippen LogP contribution in [0.3, 0.4) is 0 Å². The molecule has 0 heterocycles. The van der Waals surface area contributed by atoms with Crippen molar-refractivity contribution in [1.29, 1.82) is 0 Å². The lowest BCUT2D eigenvalue weighted by molar-refractivity contribution is 0.373. The molecule has 1 N–H and O–H groups in total. The molecule has 0 spiro atoms. The Morgan fingerprint density at radius 1 is 1.42 bits per heavy atom. The van der Waals surface area contributed by atoms with Gasteiger partial charge in [0.2, 0.25) is 0 Å². The fraction of sp³-hybridized carbons (Fsp3) is 0.750. The first-order chi connectivity index (χ1) is 5.70. The number of rotatable bonds is 6. The molecule has 0 aromatic rings. The molecule has 0 aliphatic carbocycles. The molecule has 0 fully saturated rings. The van der Waals surface area contributed by atoms with Gasteiger partial charge in [-0.1, -0.05) is 26.7 Å². The molecular formula is C8H16O3P+. The Morgan fingerprint density at radius 2 is 1.92 bits per heavy atom. The predicted molar refractivity (Wildman–Crippen MR) is 48.8 cm³/mol. The fourth-order valence-electron chi connectivity index (χ4n) is 1.00. The van der Waals surface area contributed by atoms with E-state index < -0.39 is 8.25 Å². The summed E-state index contributed by atoms with van der Waals surface area (Å²) >= 11 is 0. The zero-order chi connectivity index (χ0) is 9.40. The molecule has 3 nitrogen and oxygen atoms in total. The molecule has 0 rings (SSSR count). The Labute approximate surface area is 74.4 Å². The highest BCUT2D eigenvalue weighted by Gasteiger charge is 2.09. The normalized spacial score (nSPS) is 10.8. The first-order valence-corrected chi connectivity index (χ1v) is 5.34. The third kappa shape index (κ3) is 6.32. The maximum Gasteiger partial charge on any atom is 0.746 e. The molecule has 0 aliphatic heterocycles. The second kappa shape index (κ2) is 7.26. The van der Waals surface area contributed by atoms with Crippen molar-refractivity contribution in [2.45, 2.75) is 39.5 Å². The highest BCUT2D eigenvalue weighted by Crippen LogP contribution is 2.19. The summed E-state index contributed by atoms with van der Waals surface area (Å²) in [7, 11) is -2.48. The highest BCUT2D eigenvalue weighted by molar-refractivity contribution is 7.32. The van der Waals surface area contributed by atoms with Crippen LogP contribution in [-0.4, -0.2) is 4.89 Å². The minimum atomic E-state index is -2.48. The van der Waals surface area contributed by atoms with E-state index in [0.717, 1.165) is 31.3 Å². The second-order valence-corrected chi connectivity index (χ2v) is 3.31. The van der Waals surface area contributed by atoms with Crippen molar-refractivity contribution in [3.63, 3.8) is 0 Å². The Hall–Kier alpha value is -0.400. The standard InChI is InChI=1S/C8H15O3P/c1-3-5-8(6-4-2)7-11-12(9)10/h7H,3-6H2,1-2H3/p+1. The van der Waals surface area contributed by atoms with Crippen molar-refractivity contribution in [3.8, 4) is 0 Å². The first-order valence-electron chi connectivity index (χ1n) is 4.21. The van der Waals surface area contributed by atoms with Gasteiger partial charge in [-0.2, -0.15) is 0 Å². The number of hydrogen-bond acceptors (Lipinski definition) is 2. The van der Waals surface area contributed by atoms with Crippen molar-refractivity contribution >= 4 is 8.25 Å². The van der Waals surface area contributed by atoms with Crippen LogP contribution in [0.2, 0.25) is 0 Å². The van der Waals surface area contributed by atoms with Crippen molar-refractivity contribution in [1.82, 2.24) is 0 Å². The molecule has 0 aliphatic rings. The minimum Gasteiger partial charge on any atom is -0.237 e. The Morgan fingerprint density at radius 3 is 2.25 bits per heavy atom. The fourth-order valence-corrected chi connectivity index (χ4v) is 1.24. The maximum absolute atomic E-state index is 10.2. The third-order valence-electron chi connectivity index (χ3n) is 1.45. The summed E-state index contributed by atoms with van der Waals surface area (Å²) in [5.74, 6) is 0. The molecular weight excluding hydrogens is 175 g/mol. The summed E-state index contributed by atoms with van der Waals surface area (Å²) < 4.78 is 14.7. The van der Waals surface area contributed by atoms with E-state index in [1.165, 1.54) is 6.26 Å². The van der Waals surface area contributed by atoms with Crippen LogP contribution in [-0.2, 0) is 9.09 Å². The van der Waals surface area contributed by atoms with Gasteiger partial charge in [0.15, 0.2) is 6.26 Å². The average Bonchev–Trinajstić information content (AvgIpc) is 2.01. The van der Waals surface area contributed by atoms with Crippen LogP contribution in [0.5, 0.6) is 0 Å². The monoisotopic (exact) mass is 191 g/mol. The summed E-state index contributed by atoms with van der Waals surface area (Å²) in [4.78, 5) is 8.38. The molecule has 0 saturated carbocycles. The Kier molecular flexibility index (Phi) is 7.02. The molecule has 12 heavy (non-hydrogen) atoms. The van der Waals surface area contributed by atoms with Crippen LogP contribution < -0.4 is 0 Å². The molecule has 0 saturated heterocycles. The first kappa shape index (κ1) is 11.6. The molecule has 0 aromatic heterocycles. The molecule has 0 amide bonds. The van der Waals surface area contributed by atoms with Crippen LogP contribution in [0.25, 0.3) is 0 Å². The van der Waals surface area contributed by atoms with Crippen LogP contribution in [0.4, 0.5) is 0 Å². The SMILES string of the molecule is CCCC(=CO[P+](=O)O)CCC. The van der Waals surface area contributed by atoms with Gasteiger partial charge in [-0.15, -0.1) is 4.89 Å². The largest absolute Gasteiger partial charge is 0.746 e. The lowest BCUT2D eigenvalue weighted by Gasteiger charge is -1.99. The van der Waals surface area contributed by atoms with E-state index in [1.807, 2.05) is 0 Å². The topological polar surface area (TPSA) is 46.5 Å². The quantitative estimate of drug-likeness (QED) is 0.518. The molecule has 1 atom stereocenters. The maximum atomic E-state index is 10.2. The van der Waals surface area contributed by atoms with Crippen molar-refractivity contribution < 1.29 is 14.0 Å². The molecule has 1 unspecified atom stereocenters. The van der Waals surface area contributed by atoms with Crippen LogP contribution in [0, 0.1) is 0 Å². The van der Waals surface area contributed by atoms with Gasteiger partial charge < -0.3 is 0 Å². The molecule has 70 valence electrons. The van der Waals surface area contributed by atoms with Gasteiger partial charge in [0.1, 0.15) is 0 Å². The molecule has 0 aromatic carbocycles. The van der Waals surface area contributed by atoms with Crippen LogP contribution in [0.1, 0.15) is 39.5 Å². The number of allylic oxidation sites excluding steroid dienone is 1.